The molecule has 4 rings (SSSR count). The highest BCUT2D eigenvalue weighted by molar-refractivity contribution is 7.17. The number of carbonyl (C=O) groups excluding carboxylic acids is 2. The Hall–Kier alpha value is -3.63. The zero-order valence-electron chi connectivity index (χ0n) is 19.6. The number of aromatic nitrogens is 1. The molecule has 184 valence electrons. The Morgan fingerprint density at radius 3 is 2.49 bits per heavy atom. The number of anilines is 2. The number of ether oxygens (including phenoxy) is 2. The van der Waals surface area contributed by atoms with Crippen molar-refractivity contribution in [2.75, 3.05) is 36.5 Å². The Bertz CT molecular complexity index is 1140. The number of hydrogen-bond acceptors (Lipinski definition) is 8. The molecule has 0 aliphatic carbocycles. The Morgan fingerprint density at radius 2 is 1.83 bits per heavy atom. The summed E-state index contributed by atoms with van der Waals surface area (Å²) in [5.41, 5.74) is 2.09. The fourth-order valence-corrected chi connectivity index (χ4v) is 4.35. The molecule has 0 saturated carbocycles. The van der Waals surface area contributed by atoms with Gasteiger partial charge in [0.25, 0.3) is 11.8 Å². The normalized spacial score (nSPS) is 14.1. The van der Waals surface area contributed by atoms with Crippen molar-refractivity contribution < 1.29 is 24.2 Å². The standard InChI is InChI=1S/C25H28N4O5S/c1-3-33-19-10-6-18(7-11-19)29-13-21(14-29)34-20-8-4-17(5-9-20)16(2)27-24(32)22-12-26-25(35-22)28-23(31)15-30/h4-12,16,21,30H,3,13-15H2,1-2H3,(H,27,32)(H,26,28,31)/t16-/m0/s1. The highest BCUT2D eigenvalue weighted by Crippen LogP contribution is 2.27. The molecule has 2 amide bonds. The van der Waals surface area contributed by atoms with Crippen molar-refractivity contribution in [2.24, 2.45) is 0 Å². The molecule has 3 N–H and O–H groups in total. The van der Waals surface area contributed by atoms with Crippen LogP contribution in [-0.2, 0) is 4.79 Å². The van der Waals surface area contributed by atoms with E-state index in [0.29, 0.717) is 11.5 Å². The molecule has 1 atom stereocenters. The van der Waals surface area contributed by atoms with Gasteiger partial charge in [0, 0.05) is 5.69 Å². The molecular formula is C25H28N4O5S. The van der Waals surface area contributed by atoms with Crippen molar-refractivity contribution in [3.05, 3.63) is 65.2 Å². The molecule has 1 aromatic heterocycles. The minimum Gasteiger partial charge on any atom is -0.494 e. The van der Waals surface area contributed by atoms with E-state index in [1.807, 2.05) is 50.2 Å². The molecule has 1 fully saturated rings. The molecule has 1 aliphatic rings. The minimum atomic E-state index is -0.639. The first-order valence-corrected chi connectivity index (χ1v) is 12.2. The van der Waals surface area contributed by atoms with E-state index >= 15 is 0 Å². The summed E-state index contributed by atoms with van der Waals surface area (Å²) in [7, 11) is 0. The van der Waals surface area contributed by atoms with Crippen LogP contribution in [0.4, 0.5) is 10.8 Å². The molecule has 0 bridgehead atoms. The van der Waals surface area contributed by atoms with Crippen molar-refractivity contribution in [1.82, 2.24) is 10.3 Å². The number of nitrogens with zero attached hydrogens (tertiary/aromatic N) is 2. The van der Waals surface area contributed by atoms with E-state index in [1.165, 1.54) is 6.20 Å². The number of aliphatic hydroxyl groups excluding tert-OH is 1. The van der Waals surface area contributed by atoms with Gasteiger partial charge in [-0.25, -0.2) is 4.98 Å². The van der Waals surface area contributed by atoms with Crippen LogP contribution >= 0.6 is 11.3 Å². The molecule has 1 aliphatic heterocycles. The first-order chi connectivity index (χ1) is 16.9. The van der Waals surface area contributed by atoms with Crippen LogP contribution in [-0.4, -0.2) is 54.3 Å². The zero-order chi connectivity index (χ0) is 24.8. The molecule has 2 aromatic carbocycles. The van der Waals surface area contributed by atoms with E-state index in [1.54, 1.807) is 0 Å². The van der Waals surface area contributed by atoms with Gasteiger partial charge in [-0.2, -0.15) is 0 Å². The summed E-state index contributed by atoms with van der Waals surface area (Å²) in [6, 6.07) is 15.5. The van der Waals surface area contributed by atoms with Crippen LogP contribution in [0.15, 0.2) is 54.7 Å². The third kappa shape index (κ3) is 6.28. The average Bonchev–Trinajstić information content (AvgIpc) is 3.31. The summed E-state index contributed by atoms with van der Waals surface area (Å²) in [5.74, 6) is 0.796. The summed E-state index contributed by atoms with van der Waals surface area (Å²) in [4.78, 5) is 30.4. The lowest BCUT2D eigenvalue weighted by Crippen LogP contribution is -2.54. The SMILES string of the molecule is CCOc1ccc(N2CC(Oc3ccc([C@H](C)NC(=O)c4cnc(NC(=O)CO)s4)cc3)C2)cc1. The second-order valence-electron chi connectivity index (χ2n) is 8.07. The second-order valence-corrected chi connectivity index (χ2v) is 9.10. The van der Waals surface area contributed by atoms with E-state index in [0.717, 1.165) is 47.2 Å². The molecule has 0 radical (unpaired) electrons. The van der Waals surface area contributed by atoms with Crippen molar-refractivity contribution >= 4 is 34.0 Å². The van der Waals surface area contributed by atoms with Gasteiger partial charge in [-0.05, 0) is 55.8 Å². The molecule has 10 heteroatoms. The molecule has 2 heterocycles. The Labute approximate surface area is 207 Å². The van der Waals surface area contributed by atoms with Crippen LogP contribution in [0.25, 0.3) is 0 Å². The molecular weight excluding hydrogens is 468 g/mol. The third-order valence-corrected chi connectivity index (χ3v) is 6.42. The first kappa shape index (κ1) is 24.5. The molecule has 35 heavy (non-hydrogen) atoms. The largest absolute Gasteiger partial charge is 0.494 e. The summed E-state index contributed by atoms with van der Waals surface area (Å²) in [5, 5.41) is 14.4. The molecule has 9 nitrogen and oxygen atoms in total. The quantitative estimate of drug-likeness (QED) is 0.395. The zero-order valence-corrected chi connectivity index (χ0v) is 20.4. The maximum Gasteiger partial charge on any atom is 0.263 e. The van der Waals surface area contributed by atoms with E-state index in [4.69, 9.17) is 14.6 Å². The number of nitrogens with one attached hydrogen (secondary N) is 2. The third-order valence-electron chi connectivity index (χ3n) is 5.51. The predicted octanol–water partition coefficient (Wildman–Crippen LogP) is 3.23. The first-order valence-electron chi connectivity index (χ1n) is 11.4. The van der Waals surface area contributed by atoms with Gasteiger partial charge in [0.1, 0.15) is 29.1 Å². The number of aliphatic hydroxyl groups is 1. The summed E-state index contributed by atoms with van der Waals surface area (Å²) in [6.45, 7) is 5.51. The van der Waals surface area contributed by atoms with Gasteiger partial charge in [0.15, 0.2) is 5.13 Å². The van der Waals surface area contributed by atoms with Crippen LogP contribution in [0.5, 0.6) is 11.5 Å². The number of hydrogen-bond donors (Lipinski definition) is 3. The average molecular weight is 497 g/mol. The van der Waals surface area contributed by atoms with Crippen LogP contribution in [0.2, 0.25) is 0 Å². The number of thiazole rings is 1. The lowest BCUT2D eigenvalue weighted by molar-refractivity contribution is -0.118. The van der Waals surface area contributed by atoms with E-state index in [-0.39, 0.29) is 23.2 Å². The van der Waals surface area contributed by atoms with E-state index < -0.39 is 12.5 Å². The Morgan fingerprint density at radius 1 is 1.14 bits per heavy atom. The van der Waals surface area contributed by atoms with Crippen molar-refractivity contribution in [1.29, 1.82) is 0 Å². The van der Waals surface area contributed by atoms with Crippen molar-refractivity contribution in [3.63, 3.8) is 0 Å². The smallest absolute Gasteiger partial charge is 0.263 e. The number of amides is 2. The Kier molecular flexibility index (Phi) is 7.84. The monoisotopic (exact) mass is 496 g/mol. The van der Waals surface area contributed by atoms with Gasteiger partial charge in [-0.3, -0.25) is 14.9 Å². The fourth-order valence-electron chi connectivity index (χ4n) is 3.62. The molecule has 0 unspecified atom stereocenters. The Balaban J connectivity index is 1.24. The highest BCUT2D eigenvalue weighted by Gasteiger charge is 2.28. The molecule has 3 aromatic rings. The fraction of sp³-hybridized carbons (Fsp3) is 0.320. The van der Waals surface area contributed by atoms with Crippen LogP contribution < -0.4 is 25.0 Å². The number of benzene rings is 2. The maximum atomic E-state index is 12.5. The lowest BCUT2D eigenvalue weighted by atomic mass is 10.1. The molecule has 0 spiro atoms. The highest BCUT2D eigenvalue weighted by atomic mass is 32.1. The number of rotatable bonds is 10. The van der Waals surface area contributed by atoms with Crippen LogP contribution in [0, 0.1) is 0 Å². The number of carbonyl (C=O) groups is 2. The van der Waals surface area contributed by atoms with Gasteiger partial charge in [-0.1, -0.05) is 23.5 Å². The van der Waals surface area contributed by atoms with Gasteiger partial charge in [-0.15, -0.1) is 0 Å². The second kappa shape index (κ2) is 11.2. The summed E-state index contributed by atoms with van der Waals surface area (Å²) < 4.78 is 11.6. The minimum absolute atomic E-state index is 0.122. The van der Waals surface area contributed by atoms with Gasteiger partial charge < -0.3 is 24.8 Å². The molecule has 1 saturated heterocycles. The maximum absolute atomic E-state index is 12.5. The van der Waals surface area contributed by atoms with Crippen molar-refractivity contribution in [3.8, 4) is 11.5 Å². The summed E-state index contributed by atoms with van der Waals surface area (Å²) >= 11 is 1.04. The predicted molar refractivity (Wildman–Crippen MR) is 134 cm³/mol. The van der Waals surface area contributed by atoms with Crippen LogP contribution in [0.3, 0.4) is 0 Å². The van der Waals surface area contributed by atoms with Gasteiger partial charge in [0.05, 0.1) is 31.9 Å². The van der Waals surface area contributed by atoms with E-state index in [9.17, 15) is 9.59 Å². The van der Waals surface area contributed by atoms with Gasteiger partial charge in [0.2, 0.25) is 0 Å². The summed E-state index contributed by atoms with van der Waals surface area (Å²) in [6.07, 6.45) is 1.52. The van der Waals surface area contributed by atoms with Gasteiger partial charge >= 0.3 is 0 Å². The van der Waals surface area contributed by atoms with Crippen molar-refractivity contribution in [2.45, 2.75) is 26.0 Å². The lowest BCUT2D eigenvalue weighted by Gasteiger charge is -2.40. The topological polar surface area (TPSA) is 113 Å². The van der Waals surface area contributed by atoms with Crippen LogP contribution in [0.1, 0.15) is 35.1 Å². The van der Waals surface area contributed by atoms with E-state index in [2.05, 4.69) is 32.7 Å².